The molecule has 6 nitrogen and oxygen atoms in total. The largest absolute Gasteiger partial charge is 0.465 e. The minimum atomic E-state index is -0.0214. The maximum atomic E-state index is 12.5. The van der Waals surface area contributed by atoms with Crippen LogP contribution in [0.2, 0.25) is 0 Å². The minimum absolute atomic E-state index is 0.000312. The minimum Gasteiger partial charge on any atom is -0.465 e. The number of carbonyl (C=O) groups is 2. The number of hydrogen-bond donors (Lipinski definition) is 1. The molecule has 0 aliphatic heterocycles. The van der Waals surface area contributed by atoms with E-state index >= 15 is 0 Å². The molecule has 0 aliphatic rings. The fourth-order valence-corrected chi connectivity index (χ4v) is 7.06. The Balaban J connectivity index is 4.02. The van der Waals surface area contributed by atoms with Crippen LogP contribution in [0.5, 0.6) is 0 Å². The van der Waals surface area contributed by atoms with Crippen molar-refractivity contribution < 1.29 is 24.2 Å². The molecule has 0 amide bonds. The second-order valence-electron chi connectivity index (χ2n) is 15.8. The number of aliphatic hydroxyl groups is 1. The van der Waals surface area contributed by atoms with Gasteiger partial charge in [0.05, 0.1) is 19.1 Å². The number of hydrogen-bond acceptors (Lipinski definition) is 6. The van der Waals surface area contributed by atoms with Gasteiger partial charge in [0.2, 0.25) is 0 Å². The summed E-state index contributed by atoms with van der Waals surface area (Å²) in [6.07, 6.45) is 36.6. The fraction of sp³-hybridized carbons (Fsp3) is 0.956. The van der Waals surface area contributed by atoms with E-state index in [1.54, 1.807) is 0 Å². The van der Waals surface area contributed by atoms with E-state index in [1.807, 2.05) is 6.92 Å². The summed E-state index contributed by atoms with van der Waals surface area (Å²) in [5.41, 5.74) is 0. The van der Waals surface area contributed by atoms with Gasteiger partial charge in [0.25, 0.3) is 0 Å². The zero-order valence-corrected chi connectivity index (χ0v) is 34.8. The second-order valence-corrected chi connectivity index (χ2v) is 15.8. The first kappa shape index (κ1) is 49.9. The van der Waals surface area contributed by atoms with Crippen LogP contribution in [0.4, 0.5) is 0 Å². The predicted molar refractivity (Wildman–Crippen MR) is 218 cm³/mol. The Morgan fingerprint density at radius 1 is 0.510 bits per heavy atom. The normalized spacial score (nSPS) is 12.2. The molecular formula is C45H89NO5. The third-order valence-corrected chi connectivity index (χ3v) is 10.7. The first-order valence-corrected chi connectivity index (χ1v) is 22.6. The zero-order chi connectivity index (χ0) is 37.5. The van der Waals surface area contributed by atoms with E-state index in [9.17, 15) is 14.7 Å². The van der Waals surface area contributed by atoms with Crippen LogP contribution in [0.1, 0.15) is 227 Å². The van der Waals surface area contributed by atoms with Crippen molar-refractivity contribution in [3.05, 3.63) is 0 Å². The van der Waals surface area contributed by atoms with Crippen molar-refractivity contribution in [2.45, 2.75) is 227 Å². The molecule has 51 heavy (non-hydrogen) atoms. The number of esters is 2. The average Bonchev–Trinajstić information content (AvgIpc) is 3.13. The van der Waals surface area contributed by atoms with Crippen LogP contribution in [-0.2, 0) is 19.1 Å². The highest BCUT2D eigenvalue weighted by molar-refractivity contribution is 5.71. The predicted octanol–water partition coefficient (Wildman–Crippen LogP) is 12.8. The summed E-state index contributed by atoms with van der Waals surface area (Å²) in [6, 6.07) is 0. The lowest BCUT2D eigenvalue weighted by molar-refractivity contribution is -0.148. The van der Waals surface area contributed by atoms with Crippen molar-refractivity contribution >= 4 is 11.9 Å². The van der Waals surface area contributed by atoms with Crippen molar-refractivity contribution in [2.24, 2.45) is 11.8 Å². The van der Waals surface area contributed by atoms with E-state index in [1.165, 1.54) is 141 Å². The van der Waals surface area contributed by atoms with Gasteiger partial charge in [0.15, 0.2) is 0 Å². The summed E-state index contributed by atoms with van der Waals surface area (Å²) in [4.78, 5) is 27.3. The lowest BCUT2D eigenvalue weighted by atomic mass is 9.95. The van der Waals surface area contributed by atoms with Crippen LogP contribution in [0.15, 0.2) is 0 Å². The highest BCUT2D eigenvalue weighted by Gasteiger charge is 2.15. The maximum Gasteiger partial charge on any atom is 0.308 e. The SMILES string of the molecule is CCCCCCCCCOC(=O)C(C)CCCCCCN(CCCO)CCCCCCCC(=O)OCC(CCCCCCC)CCCCCCC. The smallest absolute Gasteiger partial charge is 0.308 e. The molecule has 0 spiro atoms. The summed E-state index contributed by atoms with van der Waals surface area (Å²) < 4.78 is 11.3. The molecule has 0 bridgehead atoms. The quantitative estimate of drug-likeness (QED) is 0.0500. The van der Waals surface area contributed by atoms with Gasteiger partial charge in [-0.25, -0.2) is 0 Å². The Kier molecular flexibility index (Phi) is 39.2. The Bertz CT molecular complexity index is 717. The molecule has 1 atom stereocenters. The van der Waals surface area contributed by atoms with Gasteiger partial charge in [-0.15, -0.1) is 0 Å². The summed E-state index contributed by atoms with van der Waals surface area (Å²) >= 11 is 0. The molecule has 0 aromatic rings. The van der Waals surface area contributed by atoms with E-state index in [-0.39, 0.29) is 24.5 Å². The topological polar surface area (TPSA) is 76.1 Å². The molecule has 1 unspecified atom stereocenters. The van der Waals surface area contributed by atoms with E-state index < -0.39 is 0 Å². The van der Waals surface area contributed by atoms with E-state index in [4.69, 9.17) is 9.47 Å². The number of rotatable bonds is 41. The molecule has 0 saturated heterocycles. The molecule has 0 aromatic carbocycles. The monoisotopic (exact) mass is 724 g/mol. The van der Waals surface area contributed by atoms with E-state index in [2.05, 4.69) is 25.7 Å². The Labute approximate surface area is 318 Å². The summed E-state index contributed by atoms with van der Waals surface area (Å²) in [5.74, 6) is 0.514. The fourth-order valence-electron chi connectivity index (χ4n) is 7.06. The third-order valence-electron chi connectivity index (χ3n) is 10.7. The maximum absolute atomic E-state index is 12.5. The molecule has 304 valence electrons. The lowest BCUT2D eigenvalue weighted by Crippen LogP contribution is -2.28. The molecule has 0 aliphatic carbocycles. The van der Waals surface area contributed by atoms with E-state index in [0.29, 0.717) is 25.6 Å². The number of ether oxygens (including phenoxy) is 2. The van der Waals surface area contributed by atoms with Crippen LogP contribution in [0.3, 0.4) is 0 Å². The van der Waals surface area contributed by atoms with Crippen molar-refractivity contribution in [1.82, 2.24) is 4.90 Å². The first-order valence-electron chi connectivity index (χ1n) is 22.6. The number of unbranched alkanes of at least 4 members (excludes halogenated alkanes) is 21. The summed E-state index contributed by atoms with van der Waals surface area (Å²) in [5, 5.41) is 9.39. The molecule has 1 N–H and O–H groups in total. The van der Waals surface area contributed by atoms with Gasteiger partial charge in [-0.1, -0.05) is 169 Å². The summed E-state index contributed by atoms with van der Waals surface area (Å²) in [7, 11) is 0. The highest BCUT2D eigenvalue weighted by atomic mass is 16.5. The first-order chi connectivity index (χ1) is 25.0. The van der Waals surface area contributed by atoms with Crippen molar-refractivity contribution in [3.63, 3.8) is 0 Å². The molecule has 0 saturated carbocycles. The number of carbonyl (C=O) groups excluding carboxylic acids is 2. The second kappa shape index (κ2) is 40.1. The summed E-state index contributed by atoms with van der Waals surface area (Å²) in [6.45, 7) is 13.4. The van der Waals surface area contributed by atoms with Crippen LogP contribution in [-0.4, -0.2) is 61.4 Å². The number of nitrogens with zero attached hydrogens (tertiary/aromatic N) is 1. The van der Waals surface area contributed by atoms with Crippen molar-refractivity contribution in [3.8, 4) is 0 Å². The van der Waals surface area contributed by atoms with Crippen LogP contribution in [0.25, 0.3) is 0 Å². The van der Waals surface area contributed by atoms with Gasteiger partial charge in [-0.3, -0.25) is 9.59 Å². The molecule has 0 fully saturated rings. The van der Waals surface area contributed by atoms with Crippen molar-refractivity contribution in [1.29, 1.82) is 0 Å². The van der Waals surface area contributed by atoms with Crippen molar-refractivity contribution in [2.75, 3.05) is 39.5 Å². The highest BCUT2D eigenvalue weighted by Crippen LogP contribution is 2.20. The Hall–Kier alpha value is -1.14. The Morgan fingerprint density at radius 2 is 0.941 bits per heavy atom. The molecule has 0 rings (SSSR count). The lowest BCUT2D eigenvalue weighted by Gasteiger charge is -2.22. The Morgan fingerprint density at radius 3 is 1.47 bits per heavy atom. The number of aliphatic hydroxyl groups excluding tert-OH is 1. The van der Waals surface area contributed by atoms with Crippen LogP contribution < -0.4 is 0 Å². The zero-order valence-electron chi connectivity index (χ0n) is 34.8. The van der Waals surface area contributed by atoms with Crippen LogP contribution >= 0.6 is 0 Å². The van der Waals surface area contributed by atoms with Gasteiger partial charge in [0, 0.05) is 19.6 Å². The third kappa shape index (κ3) is 35.6. The molecule has 0 aromatic heterocycles. The standard InChI is InChI=1S/C45H89NO5/c1-5-8-11-14-15-23-30-40-50-45(49)42(4)32-24-20-22-29-37-46(38-31-39-47)36-28-21-16-19-27-35-44(48)51-41-43(33-25-17-12-9-6-2)34-26-18-13-10-7-3/h42-43,47H,5-41H2,1-4H3. The van der Waals surface area contributed by atoms with Gasteiger partial charge in [-0.2, -0.15) is 0 Å². The molecule has 0 heterocycles. The van der Waals surface area contributed by atoms with Crippen LogP contribution in [0, 0.1) is 11.8 Å². The van der Waals surface area contributed by atoms with Gasteiger partial charge in [-0.05, 0) is 70.4 Å². The van der Waals surface area contributed by atoms with Gasteiger partial charge < -0.3 is 19.5 Å². The van der Waals surface area contributed by atoms with Gasteiger partial charge >= 0.3 is 11.9 Å². The van der Waals surface area contributed by atoms with E-state index in [0.717, 1.165) is 71.0 Å². The average molecular weight is 724 g/mol. The van der Waals surface area contributed by atoms with Gasteiger partial charge in [0.1, 0.15) is 0 Å². The molecule has 6 heteroatoms. The molecule has 0 radical (unpaired) electrons. The molecular weight excluding hydrogens is 634 g/mol.